The summed E-state index contributed by atoms with van der Waals surface area (Å²) >= 11 is 6.10. The van der Waals surface area contributed by atoms with Crippen molar-refractivity contribution in [1.82, 2.24) is 19.8 Å². The molecule has 0 unspecified atom stereocenters. The summed E-state index contributed by atoms with van der Waals surface area (Å²) in [4.78, 5) is 18.0. The van der Waals surface area contributed by atoms with Crippen LogP contribution in [0.2, 0.25) is 0 Å². The molecule has 0 aromatic carbocycles. The molecule has 49 heavy (non-hydrogen) atoms. The van der Waals surface area contributed by atoms with Crippen molar-refractivity contribution >= 4 is 17.9 Å². The van der Waals surface area contributed by atoms with Gasteiger partial charge < -0.3 is 24.2 Å². The number of ether oxygens (including phenoxy) is 2. The molecule has 0 radical (unpaired) electrons. The monoisotopic (exact) mass is 679 g/mol. The van der Waals surface area contributed by atoms with Gasteiger partial charge in [-0.05, 0) is 80.4 Å². The molecule has 0 saturated heterocycles. The summed E-state index contributed by atoms with van der Waals surface area (Å²) in [5.41, 5.74) is 5.27. The number of nitriles is 1. The molecule has 0 amide bonds. The Kier molecular flexibility index (Phi) is 17.0. The average Bonchev–Trinajstić information content (AvgIpc) is 3.28. The predicted molar refractivity (Wildman–Crippen MR) is 199 cm³/mol. The second-order valence-corrected chi connectivity index (χ2v) is 11.7. The molecule has 1 heterocycles. The van der Waals surface area contributed by atoms with Gasteiger partial charge >= 0.3 is 0 Å². The van der Waals surface area contributed by atoms with Gasteiger partial charge in [0.1, 0.15) is 30.5 Å². The fourth-order valence-corrected chi connectivity index (χ4v) is 4.91. The van der Waals surface area contributed by atoms with Crippen LogP contribution in [0.25, 0.3) is 0 Å². The molecule has 3 rings (SSSR count). The van der Waals surface area contributed by atoms with Gasteiger partial charge in [-0.3, -0.25) is 4.90 Å². The Labute approximate surface area is 296 Å². The average molecular weight is 680 g/mol. The zero-order valence-corrected chi connectivity index (χ0v) is 29.4. The van der Waals surface area contributed by atoms with Gasteiger partial charge in [-0.15, -0.1) is 0 Å². The highest BCUT2D eigenvalue weighted by molar-refractivity contribution is 6.31. The summed E-state index contributed by atoms with van der Waals surface area (Å²) in [7, 11) is 0. The van der Waals surface area contributed by atoms with Crippen molar-refractivity contribution in [2.45, 2.75) is 46.7 Å². The molecule has 1 aromatic rings. The zero-order valence-electron chi connectivity index (χ0n) is 28.6. The van der Waals surface area contributed by atoms with Crippen LogP contribution >= 0.6 is 11.6 Å². The third-order valence-corrected chi connectivity index (χ3v) is 7.69. The van der Waals surface area contributed by atoms with E-state index in [-0.39, 0.29) is 0 Å². The fraction of sp³-hybridized carbons (Fsp3) is 0.275. The van der Waals surface area contributed by atoms with Gasteiger partial charge in [-0.25, -0.2) is 4.98 Å². The Morgan fingerprint density at radius 1 is 1.16 bits per heavy atom. The van der Waals surface area contributed by atoms with Crippen LogP contribution in [0.5, 0.6) is 0 Å². The van der Waals surface area contributed by atoms with E-state index in [4.69, 9.17) is 21.1 Å². The quantitative estimate of drug-likeness (QED) is 0.0895. The topological polar surface area (TPSA) is 92.4 Å². The highest BCUT2D eigenvalue weighted by Crippen LogP contribution is 2.25. The molecule has 256 valence electrons. The lowest BCUT2D eigenvalue weighted by Gasteiger charge is -2.21. The molecule has 0 fully saturated rings. The van der Waals surface area contributed by atoms with Gasteiger partial charge in [-0.2, -0.15) is 5.26 Å². The third kappa shape index (κ3) is 13.9. The van der Waals surface area contributed by atoms with E-state index in [1.165, 1.54) is 0 Å². The van der Waals surface area contributed by atoms with Crippen LogP contribution < -0.4 is 5.32 Å². The van der Waals surface area contributed by atoms with E-state index in [1.807, 2.05) is 106 Å². The first-order chi connectivity index (χ1) is 23.9. The lowest BCUT2D eigenvalue weighted by Crippen LogP contribution is -2.33. The number of carbonyl (C=O) groups is 1. The first-order valence-corrected chi connectivity index (χ1v) is 16.6. The third-order valence-electron chi connectivity index (χ3n) is 7.41. The summed E-state index contributed by atoms with van der Waals surface area (Å²) < 4.78 is 14.0. The van der Waals surface area contributed by atoms with E-state index < -0.39 is 0 Å². The van der Waals surface area contributed by atoms with E-state index in [1.54, 1.807) is 18.7 Å². The van der Waals surface area contributed by atoms with E-state index in [2.05, 4.69) is 32.4 Å². The number of nitrogens with zero attached hydrogens (tertiary/aromatic N) is 4. The maximum absolute atomic E-state index is 11.5. The minimum Gasteiger partial charge on any atom is -0.497 e. The summed E-state index contributed by atoms with van der Waals surface area (Å²) in [6.45, 7) is 13.0. The molecule has 0 saturated carbocycles. The number of aldehydes is 1. The summed E-state index contributed by atoms with van der Waals surface area (Å²) in [5.74, 6) is 1.10. The molecule has 1 aromatic heterocycles. The van der Waals surface area contributed by atoms with E-state index >= 15 is 0 Å². The SMILES string of the molecule is C=C(/C=C\C=C/C)CO/C=C/C(C)=C(\C=C/C)OC1=CCC(Cn2cncc2CN(CC=O)CCNC2=CC=CC(Cl)=CC2)=CC=C1C#N. The van der Waals surface area contributed by atoms with Crippen LogP contribution in [-0.4, -0.2) is 47.0 Å². The lowest BCUT2D eigenvalue weighted by molar-refractivity contribution is -0.109. The van der Waals surface area contributed by atoms with Crippen molar-refractivity contribution in [3.05, 3.63) is 161 Å². The number of carbonyl (C=O) groups excluding carboxylic acids is 1. The first-order valence-electron chi connectivity index (χ1n) is 16.3. The van der Waals surface area contributed by atoms with Crippen molar-refractivity contribution in [2.24, 2.45) is 0 Å². The molecule has 1 N–H and O–H groups in total. The molecular weight excluding hydrogens is 634 g/mol. The molecule has 8 nitrogen and oxygen atoms in total. The number of halogens is 1. The minimum absolute atomic E-state index is 0.310. The molecule has 2 aliphatic rings. The molecule has 0 atom stereocenters. The van der Waals surface area contributed by atoms with Gasteiger partial charge in [0.05, 0.1) is 30.4 Å². The van der Waals surface area contributed by atoms with Crippen LogP contribution in [-0.2, 0) is 27.4 Å². The highest BCUT2D eigenvalue weighted by Gasteiger charge is 2.15. The second kappa shape index (κ2) is 21.7. The zero-order chi connectivity index (χ0) is 35.3. The minimum atomic E-state index is 0.310. The number of nitrogens with one attached hydrogen (secondary N) is 1. The summed E-state index contributed by atoms with van der Waals surface area (Å²) in [6.07, 6.45) is 34.3. The van der Waals surface area contributed by atoms with Gasteiger partial charge in [0, 0.05) is 49.5 Å². The van der Waals surface area contributed by atoms with Crippen LogP contribution in [0.1, 0.15) is 39.3 Å². The predicted octanol–water partition coefficient (Wildman–Crippen LogP) is 8.19. The molecular formula is C40H46ClN5O3. The lowest BCUT2D eigenvalue weighted by atomic mass is 10.1. The summed E-state index contributed by atoms with van der Waals surface area (Å²) in [5, 5.41) is 14.1. The molecule has 0 spiro atoms. The highest BCUT2D eigenvalue weighted by atomic mass is 35.5. The smallest absolute Gasteiger partial charge is 0.141 e. The summed E-state index contributed by atoms with van der Waals surface area (Å²) in [6, 6.07) is 2.28. The Hall–Kier alpha value is -5.10. The Morgan fingerprint density at radius 3 is 2.80 bits per heavy atom. The Balaban J connectivity index is 1.64. The van der Waals surface area contributed by atoms with Crippen molar-refractivity contribution in [3.63, 3.8) is 0 Å². The molecule has 9 heteroatoms. The van der Waals surface area contributed by atoms with Crippen molar-refractivity contribution < 1.29 is 14.3 Å². The van der Waals surface area contributed by atoms with Crippen molar-refractivity contribution in [1.29, 1.82) is 5.26 Å². The van der Waals surface area contributed by atoms with Crippen LogP contribution in [0.3, 0.4) is 0 Å². The molecule has 2 aliphatic carbocycles. The Bertz CT molecular complexity index is 1680. The second-order valence-electron chi connectivity index (χ2n) is 11.3. The number of imidazole rings is 1. The van der Waals surface area contributed by atoms with Gasteiger partial charge in [0.15, 0.2) is 0 Å². The Morgan fingerprint density at radius 2 is 2.02 bits per heavy atom. The maximum Gasteiger partial charge on any atom is 0.141 e. The fourth-order valence-electron chi connectivity index (χ4n) is 4.76. The van der Waals surface area contributed by atoms with Crippen LogP contribution in [0.15, 0.2) is 155 Å². The molecule has 0 bridgehead atoms. The molecule has 0 aliphatic heterocycles. The standard InChI is InChI=1S/C40H46ClN5O3/c1-5-7-8-11-32(3)30-48-25-20-33(4)39(10-6-2)49-40-19-15-34(14-16-35(40)26-42)28-46-31-43-27-38(46)29-45(23-24-47)22-21-44-37-13-9-12-36(41)17-18-37/h5-14,16-17,19-20,24-25,27,31,44H,3,15,18,21-23,28-30H2,1-2,4H3/b7-5-,10-6-,11-8-,25-20+,39-33+. The number of hydrogen-bond donors (Lipinski definition) is 1. The van der Waals surface area contributed by atoms with Gasteiger partial charge in [-0.1, -0.05) is 66.8 Å². The van der Waals surface area contributed by atoms with Crippen molar-refractivity contribution in [2.75, 3.05) is 26.2 Å². The van der Waals surface area contributed by atoms with Crippen LogP contribution in [0, 0.1) is 11.3 Å². The largest absolute Gasteiger partial charge is 0.497 e. The van der Waals surface area contributed by atoms with E-state index in [0.29, 0.717) is 62.8 Å². The number of hydrogen-bond acceptors (Lipinski definition) is 7. The van der Waals surface area contributed by atoms with Crippen molar-refractivity contribution in [3.8, 4) is 6.07 Å². The van der Waals surface area contributed by atoms with E-state index in [9.17, 15) is 10.1 Å². The number of rotatable bonds is 19. The number of aromatic nitrogens is 2. The van der Waals surface area contributed by atoms with Crippen LogP contribution in [0.4, 0.5) is 0 Å². The first kappa shape index (κ1) is 38.3. The van der Waals surface area contributed by atoms with E-state index in [0.717, 1.165) is 45.8 Å². The normalized spacial score (nSPS) is 15.7. The maximum atomic E-state index is 11.5. The van der Waals surface area contributed by atoms with Gasteiger partial charge in [0.25, 0.3) is 0 Å². The van der Waals surface area contributed by atoms with Gasteiger partial charge in [0.2, 0.25) is 0 Å². The number of allylic oxidation sites excluding steroid dienone is 17.